The van der Waals surface area contributed by atoms with Gasteiger partial charge in [0.1, 0.15) is 0 Å². The van der Waals surface area contributed by atoms with E-state index in [9.17, 15) is 5.26 Å². The standard InChI is InChI=1S/C13H21N/c1-2-12(13(10-14)8-9-13)11-6-4-3-5-7-11/h11-12H,2-9H2,1H3. The molecule has 78 valence electrons. The van der Waals surface area contributed by atoms with Crippen LogP contribution in [0.2, 0.25) is 0 Å². The molecule has 0 spiro atoms. The van der Waals surface area contributed by atoms with Crippen molar-refractivity contribution in [1.29, 1.82) is 5.26 Å². The topological polar surface area (TPSA) is 23.8 Å². The molecule has 0 aromatic rings. The summed E-state index contributed by atoms with van der Waals surface area (Å²) in [7, 11) is 0. The highest BCUT2D eigenvalue weighted by atomic mass is 14.6. The summed E-state index contributed by atoms with van der Waals surface area (Å²) in [5.74, 6) is 1.59. The summed E-state index contributed by atoms with van der Waals surface area (Å²) in [6, 6.07) is 2.60. The minimum Gasteiger partial charge on any atom is -0.198 e. The minimum atomic E-state index is 0.122. The number of nitriles is 1. The average molecular weight is 191 g/mol. The zero-order valence-corrected chi connectivity index (χ0v) is 9.26. The van der Waals surface area contributed by atoms with Gasteiger partial charge in [-0.1, -0.05) is 45.4 Å². The molecule has 0 aromatic heterocycles. The molecule has 0 N–H and O–H groups in total. The van der Waals surface area contributed by atoms with Crippen LogP contribution in [-0.4, -0.2) is 0 Å². The lowest BCUT2D eigenvalue weighted by Crippen LogP contribution is -2.25. The van der Waals surface area contributed by atoms with Gasteiger partial charge in [-0.15, -0.1) is 0 Å². The van der Waals surface area contributed by atoms with Crippen molar-refractivity contribution in [2.45, 2.75) is 58.3 Å². The quantitative estimate of drug-likeness (QED) is 0.663. The van der Waals surface area contributed by atoms with Gasteiger partial charge in [-0.3, -0.25) is 0 Å². The van der Waals surface area contributed by atoms with Crippen molar-refractivity contribution in [3.05, 3.63) is 0 Å². The lowest BCUT2D eigenvalue weighted by molar-refractivity contribution is 0.187. The maximum Gasteiger partial charge on any atom is 0.0692 e. The first-order valence-electron chi connectivity index (χ1n) is 6.23. The monoisotopic (exact) mass is 191 g/mol. The number of hydrogen-bond donors (Lipinski definition) is 0. The van der Waals surface area contributed by atoms with Gasteiger partial charge in [0.05, 0.1) is 11.5 Å². The maximum atomic E-state index is 9.24. The average Bonchev–Trinajstić information content (AvgIpc) is 3.02. The molecule has 2 aliphatic rings. The van der Waals surface area contributed by atoms with Gasteiger partial charge in [-0.25, -0.2) is 0 Å². The lowest BCUT2D eigenvalue weighted by Gasteiger charge is -2.32. The van der Waals surface area contributed by atoms with Gasteiger partial charge in [0, 0.05) is 0 Å². The Hall–Kier alpha value is -0.510. The van der Waals surface area contributed by atoms with E-state index in [1.165, 1.54) is 51.4 Å². The molecule has 1 unspecified atom stereocenters. The molecule has 1 heteroatoms. The molecule has 1 atom stereocenters. The van der Waals surface area contributed by atoms with Crippen molar-refractivity contribution < 1.29 is 0 Å². The molecule has 0 amide bonds. The molecule has 0 bridgehead atoms. The third-order valence-corrected chi connectivity index (χ3v) is 4.38. The highest BCUT2D eigenvalue weighted by molar-refractivity contribution is 5.14. The van der Waals surface area contributed by atoms with Crippen LogP contribution >= 0.6 is 0 Å². The second-order valence-electron chi connectivity index (χ2n) is 5.18. The molecule has 2 saturated carbocycles. The van der Waals surface area contributed by atoms with Crippen molar-refractivity contribution in [2.24, 2.45) is 17.3 Å². The lowest BCUT2D eigenvalue weighted by atomic mass is 9.71. The largest absolute Gasteiger partial charge is 0.198 e. The number of rotatable bonds is 3. The molecule has 0 heterocycles. The molecule has 0 radical (unpaired) electrons. The van der Waals surface area contributed by atoms with E-state index in [1.807, 2.05) is 0 Å². The fourth-order valence-electron chi connectivity index (χ4n) is 3.41. The number of nitrogens with zero attached hydrogens (tertiary/aromatic N) is 1. The van der Waals surface area contributed by atoms with Gasteiger partial charge in [0.15, 0.2) is 0 Å². The van der Waals surface area contributed by atoms with E-state index < -0.39 is 0 Å². The summed E-state index contributed by atoms with van der Waals surface area (Å²) >= 11 is 0. The summed E-state index contributed by atoms with van der Waals surface area (Å²) in [4.78, 5) is 0. The number of hydrogen-bond acceptors (Lipinski definition) is 1. The minimum absolute atomic E-state index is 0.122. The second kappa shape index (κ2) is 3.93. The summed E-state index contributed by atoms with van der Waals surface area (Å²) in [5, 5.41) is 9.24. The van der Waals surface area contributed by atoms with Gasteiger partial charge >= 0.3 is 0 Å². The van der Waals surface area contributed by atoms with Crippen LogP contribution in [0.5, 0.6) is 0 Å². The predicted molar refractivity (Wildman–Crippen MR) is 57.6 cm³/mol. The first-order chi connectivity index (χ1) is 6.82. The van der Waals surface area contributed by atoms with E-state index in [0.29, 0.717) is 5.92 Å². The van der Waals surface area contributed by atoms with Crippen molar-refractivity contribution in [3.8, 4) is 6.07 Å². The molecule has 0 saturated heterocycles. The summed E-state index contributed by atoms with van der Waals surface area (Å²) < 4.78 is 0. The fourth-order valence-corrected chi connectivity index (χ4v) is 3.41. The van der Waals surface area contributed by atoms with Crippen LogP contribution in [0.3, 0.4) is 0 Å². The Labute approximate surface area is 87.5 Å². The van der Waals surface area contributed by atoms with Crippen LogP contribution in [-0.2, 0) is 0 Å². The molecule has 2 fully saturated rings. The van der Waals surface area contributed by atoms with Crippen molar-refractivity contribution in [2.75, 3.05) is 0 Å². The van der Waals surface area contributed by atoms with Crippen molar-refractivity contribution in [3.63, 3.8) is 0 Å². The van der Waals surface area contributed by atoms with E-state index in [0.717, 1.165) is 5.92 Å². The van der Waals surface area contributed by atoms with Crippen LogP contribution < -0.4 is 0 Å². The van der Waals surface area contributed by atoms with Crippen LogP contribution in [0, 0.1) is 28.6 Å². The zero-order valence-electron chi connectivity index (χ0n) is 9.26. The molecule has 2 aliphatic carbocycles. The van der Waals surface area contributed by atoms with Gasteiger partial charge in [-0.05, 0) is 24.7 Å². The normalized spacial score (nSPS) is 28.0. The Morgan fingerprint density at radius 1 is 1.29 bits per heavy atom. The van der Waals surface area contributed by atoms with E-state index in [2.05, 4.69) is 13.0 Å². The Balaban J connectivity index is 2.02. The van der Waals surface area contributed by atoms with Crippen LogP contribution in [0.1, 0.15) is 58.3 Å². The summed E-state index contributed by atoms with van der Waals surface area (Å²) in [6.45, 7) is 2.27. The summed E-state index contributed by atoms with van der Waals surface area (Å²) in [5.41, 5.74) is 0.122. The van der Waals surface area contributed by atoms with E-state index in [1.54, 1.807) is 0 Å². The summed E-state index contributed by atoms with van der Waals surface area (Å²) in [6.07, 6.45) is 10.6. The smallest absolute Gasteiger partial charge is 0.0692 e. The maximum absolute atomic E-state index is 9.24. The van der Waals surface area contributed by atoms with Crippen LogP contribution in [0.4, 0.5) is 0 Å². The Morgan fingerprint density at radius 2 is 1.93 bits per heavy atom. The zero-order chi connectivity index (χ0) is 10.0. The molecule has 2 rings (SSSR count). The molecule has 0 aromatic carbocycles. The van der Waals surface area contributed by atoms with E-state index >= 15 is 0 Å². The third kappa shape index (κ3) is 1.67. The predicted octanol–water partition coefficient (Wildman–Crippen LogP) is 3.90. The van der Waals surface area contributed by atoms with Gasteiger partial charge in [-0.2, -0.15) is 5.26 Å². The second-order valence-corrected chi connectivity index (χ2v) is 5.18. The highest BCUT2D eigenvalue weighted by Crippen LogP contribution is 2.57. The molecular weight excluding hydrogens is 170 g/mol. The van der Waals surface area contributed by atoms with Crippen LogP contribution in [0.15, 0.2) is 0 Å². The van der Waals surface area contributed by atoms with E-state index in [4.69, 9.17) is 0 Å². The van der Waals surface area contributed by atoms with Crippen molar-refractivity contribution in [1.82, 2.24) is 0 Å². The van der Waals surface area contributed by atoms with Gasteiger partial charge in [0.2, 0.25) is 0 Å². The molecule has 1 nitrogen and oxygen atoms in total. The Bertz CT molecular complexity index is 228. The molecule has 14 heavy (non-hydrogen) atoms. The first kappa shape index (κ1) is 10.0. The van der Waals surface area contributed by atoms with Gasteiger partial charge in [0.25, 0.3) is 0 Å². The SMILES string of the molecule is CCC(C1CCCCC1)C1(C#N)CC1. The Kier molecular flexibility index (Phi) is 2.81. The molecule has 0 aliphatic heterocycles. The van der Waals surface area contributed by atoms with Crippen LogP contribution in [0.25, 0.3) is 0 Å². The fraction of sp³-hybridized carbons (Fsp3) is 0.923. The van der Waals surface area contributed by atoms with Crippen molar-refractivity contribution >= 4 is 0 Å². The van der Waals surface area contributed by atoms with E-state index in [-0.39, 0.29) is 5.41 Å². The Morgan fingerprint density at radius 3 is 2.36 bits per heavy atom. The highest BCUT2D eigenvalue weighted by Gasteiger charge is 2.51. The first-order valence-corrected chi connectivity index (χ1v) is 6.23. The van der Waals surface area contributed by atoms with Gasteiger partial charge < -0.3 is 0 Å². The molecular formula is C13H21N. The third-order valence-electron chi connectivity index (χ3n) is 4.38.